The van der Waals surface area contributed by atoms with Crippen molar-refractivity contribution in [2.24, 2.45) is 17.8 Å². The molecule has 2 aliphatic rings. The second-order valence-electron chi connectivity index (χ2n) is 9.69. The minimum absolute atomic E-state index is 0.0321. The standard InChI is InChI=1S/C25H31FN8O2/c1-4-17-20(13(3)31-32-17)16-10-11-19(28-23(16)26)29-25(36)22(21(14-6-7-14)15-8-9-15)30-24(35)18-12-27-33-34(18)5-2/h10-12,14-15,21-22H,4-9H2,1-3H3,(H,30,35)(H,31,32)(H,28,29,36)/t22-/m0/s1. The molecule has 2 amide bonds. The first-order chi connectivity index (χ1) is 17.4. The third kappa shape index (κ3) is 4.74. The number of aromatic nitrogens is 6. The summed E-state index contributed by atoms with van der Waals surface area (Å²) >= 11 is 0. The Bertz CT molecular complexity index is 1260. The summed E-state index contributed by atoms with van der Waals surface area (Å²) in [6.07, 6.45) is 6.22. The number of nitrogens with zero attached hydrogens (tertiary/aromatic N) is 5. The van der Waals surface area contributed by atoms with Gasteiger partial charge in [-0.2, -0.15) is 9.49 Å². The molecule has 2 fully saturated rings. The SMILES string of the molecule is CCc1n[nH]c(C)c1-c1ccc(NC(=O)[C@@H](NC(=O)c2cnnn2CC)C(C2CC2)C2CC2)nc1F. The summed E-state index contributed by atoms with van der Waals surface area (Å²) in [5, 5.41) is 20.6. The molecule has 11 heteroatoms. The summed E-state index contributed by atoms with van der Waals surface area (Å²) in [7, 11) is 0. The highest BCUT2D eigenvalue weighted by Gasteiger charge is 2.48. The van der Waals surface area contributed by atoms with E-state index in [-0.39, 0.29) is 11.7 Å². The Balaban J connectivity index is 1.39. The molecule has 0 bridgehead atoms. The number of pyridine rings is 1. The van der Waals surface area contributed by atoms with Gasteiger partial charge in [-0.15, -0.1) is 5.10 Å². The van der Waals surface area contributed by atoms with Gasteiger partial charge in [-0.1, -0.05) is 12.1 Å². The average Bonchev–Trinajstić information content (AvgIpc) is 3.79. The number of hydrogen-bond donors (Lipinski definition) is 3. The molecule has 1 atom stereocenters. The van der Waals surface area contributed by atoms with E-state index in [1.807, 2.05) is 20.8 Å². The number of halogens is 1. The maximum absolute atomic E-state index is 15.1. The highest BCUT2D eigenvalue weighted by molar-refractivity contribution is 6.00. The third-order valence-electron chi connectivity index (χ3n) is 7.16. The van der Waals surface area contributed by atoms with Crippen LogP contribution >= 0.6 is 0 Å². The average molecular weight is 495 g/mol. The van der Waals surface area contributed by atoms with Crippen LogP contribution in [0.3, 0.4) is 0 Å². The second kappa shape index (κ2) is 9.79. The lowest BCUT2D eigenvalue weighted by Crippen LogP contribution is -2.50. The first-order valence-corrected chi connectivity index (χ1v) is 12.6. The zero-order valence-electron chi connectivity index (χ0n) is 20.7. The summed E-state index contributed by atoms with van der Waals surface area (Å²) in [5.74, 6) is -0.555. The van der Waals surface area contributed by atoms with Crippen LogP contribution in [-0.2, 0) is 17.8 Å². The van der Waals surface area contributed by atoms with Gasteiger partial charge in [0.25, 0.3) is 5.91 Å². The van der Waals surface area contributed by atoms with Crippen molar-refractivity contribution in [3.8, 4) is 11.1 Å². The molecule has 3 heterocycles. The molecule has 0 aliphatic heterocycles. The first-order valence-electron chi connectivity index (χ1n) is 12.6. The highest BCUT2D eigenvalue weighted by Crippen LogP contribution is 2.51. The molecule has 3 aromatic rings. The van der Waals surface area contributed by atoms with Gasteiger partial charge in [0.2, 0.25) is 11.9 Å². The van der Waals surface area contributed by atoms with E-state index in [9.17, 15) is 9.59 Å². The fraction of sp³-hybridized carbons (Fsp3) is 0.520. The molecule has 36 heavy (non-hydrogen) atoms. The number of nitrogens with one attached hydrogen (secondary N) is 3. The molecule has 0 unspecified atom stereocenters. The van der Waals surface area contributed by atoms with Gasteiger partial charge in [0.1, 0.15) is 17.6 Å². The minimum Gasteiger partial charge on any atom is -0.339 e. The molecular weight excluding hydrogens is 463 g/mol. The van der Waals surface area contributed by atoms with Gasteiger partial charge in [0.05, 0.1) is 11.9 Å². The Morgan fingerprint density at radius 1 is 1.19 bits per heavy atom. The van der Waals surface area contributed by atoms with Crippen LogP contribution in [0.1, 0.15) is 61.4 Å². The molecular formula is C25H31FN8O2. The van der Waals surface area contributed by atoms with Gasteiger partial charge in [-0.05, 0) is 75.8 Å². The zero-order chi connectivity index (χ0) is 25.4. The lowest BCUT2D eigenvalue weighted by atomic mass is 9.88. The van der Waals surface area contributed by atoms with Crippen LogP contribution in [0.15, 0.2) is 18.3 Å². The number of rotatable bonds is 10. The summed E-state index contributed by atoms with van der Waals surface area (Å²) in [6, 6.07) is 2.43. The zero-order valence-corrected chi connectivity index (χ0v) is 20.7. The van der Waals surface area contributed by atoms with Crippen LogP contribution in [0.2, 0.25) is 0 Å². The topological polar surface area (TPSA) is 130 Å². The number of H-pyrrole nitrogens is 1. The van der Waals surface area contributed by atoms with Gasteiger partial charge in [-0.3, -0.25) is 14.7 Å². The van der Waals surface area contributed by atoms with Gasteiger partial charge in [0.15, 0.2) is 0 Å². The van der Waals surface area contributed by atoms with E-state index in [2.05, 4.69) is 36.1 Å². The molecule has 0 saturated heterocycles. The lowest BCUT2D eigenvalue weighted by Gasteiger charge is -2.27. The van der Waals surface area contributed by atoms with Crippen molar-refractivity contribution in [3.63, 3.8) is 0 Å². The molecule has 5 rings (SSSR count). The minimum atomic E-state index is -0.759. The van der Waals surface area contributed by atoms with Crippen LogP contribution < -0.4 is 10.6 Å². The van der Waals surface area contributed by atoms with Gasteiger partial charge in [0, 0.05) is 23.4 Å². The number of aromatic amines is 1. The van der Waals surface area contributed by atoms with E-state index in [0.717, 1.165) is 37.1 Å². The van der Waals surface area contributed by atoms with Crippen LogP contribution in [-0.4, -0.2) is 48.0 Å². The van der Waals surface area contributed by atoms with Crippen molar-refractivity contribution in [2.75, 3.05) is 5.32 Å². The number of carbonyl (C=O) groups excluding carboxylic acids is 2. The van der Waals surface area contributed by atoms with Crippen molar-refractivity contribution in [2.45, 2.75) is 65.5 Å². The number of amides is 2. The molecule has 2 saturated carbocycles. The van der Waals surface area contributed by atoms with Gasteiger partial charge < -0.3 is 10.6 Å². The molecule has 2 aliphatic carbocycles. The Hall–Kier alpha value is -3.63. The second-order valence-corrected chi connectivity index (χ2v) is 9.69. The number of anilines is 1. The number of aryl methyl sites for hydroxylation is 3. The Labute approximate surface area is 208 Å². The van der Waals surface area contributed by atoms with Crippen LogP contribution in [0.5, 0.6) is 0 Å². The molecule has 3 N–H and O–H groups in total. The predicted octanol–water partition coefficient (Wildman–Crippen LogP) is 3.27. The number of carbonyl (C=O) groups is 2. The summed E-state index contributed by atoms with van der Waals surface area (Å²) in [4.78, 5) is 30.6. The van der Waals surface area contributed by atoms with E-state index in [4.69, 9.17) is 0 Å². The largest absolute Gasteiger partial charge is 0.339 e. The van der Waals surface area contributed by atoms with E-state index in [1.165, 1.54) is 10.9 Å². The summed E-state index contributed by atoms with van der Waals surface area (Å²) in [6.45, 7) is 6.14. The Kier molecular flexibility index (Phi) is 6.55. The normalized spacial score (nSPS) is 16.2. The molecule has 0 aromatic carbocycles. The monoisotopic (exact) mass is 494 g/mol. The van der Waals surface area contributed by atoms with Gasteiger partial charge >= 0.3 is 0 Å². The lowest BCUT2D eigenvalue weighted by molar-refractivity contribution is -0.119. The fourth-order valence-electron chi connectivity index (χ4n) is 5.10. The van der Waals surface area contributed by atoms with Crippen molar-refractivity contribution in [3.05, 3.63) is 41.4 Å². The van der Waals surface area contributed by atoms with E-state index in [0.29, 0.717) is 41.6 Å². The fourth-order valence-corrected chi connectivity index (χ4v) is 5.10. The maximum Gasteiger partial charge on any atom is 0.271 e. The first kappa shape index (κ1) is 24.1. The maximum atomic E-state index is 15.1. The Morgan fingerprint density at radius 2 is 1.92 bits per heavy atom. The van der Waals surface area contributed by atoms with Crippen LogP contribution in [0.4, 0.5) is 10.2 Å². The molecule has 3 aromatic heterocycles. The summed E-state index contributed by atoms with van der Waals surface area (Å²) < 4.78 is 16.6. The number of hydrogen-bond acceptors (Lipinski definition) is 6. The van der Waals surface area contributed by atoms with Crippen molar-refractivity contribution >= 4 is 17.6 Å². The van der Waals surface area contributed by atoms with E-state index < -0.39 is 23.8 Å². The predicted molar refractivity (Wildman–Crippen MR) is 130 cm³/mol. The molecule has 0 radical (unpaired) electrons. The van der Waals surface area contributed by atoms with E-state index in [1.54, 1.807) is 12.1 Å². The summed E-state index contributed by atoms with van der Waals surface area (Å²) in [5.41, 5.74) is 2.83. The highest BCUT2D eigenvalue weighted by atomic mass is 19.1. The Morgan fingerprint density at radius 3 is 2.53 bits per heavy atom. The third-order valence-corrected chi connectivity index (χ3v) is 7.16. The van der Waals surface area contributed by atoms with Crippen molar-refractivity contribution in [1.82, 2.24) is 35.5 Å². The van der Waals surface area contributed by atoms with Crippen LogP contribution in [0.25, 0.3) is 11.1 Å². The molecule has 0 spiro atoms. The quantitative estimate of drug-likeness (QED) is 0.371. The van der Waals surface area contributed by atoms with Crippen molar-refractivity contribution in [1.29, 1.82) is 0 Å². The molecule has 190 valence electrons. The van der Waals surface area contributed by atoms with Crippen LogP contribution in [0, 0.1) is 30.6 Å². The van der Waals surface area contributed by atoms with E-state index >= 15 is 4.39 Å². The van der Waals surface area contributed by atoms with Gasteiger partial charge in [-0.25, -0.2) is 9.67 Å². The smallest absolute Gasteiger partial charge is 0.271 e. The molecule has 10 nitrogen and oxygen atoms in total. The van der Waals surface area contributed by atoms with Crippen molar-refractivity contribution < 1.29 is 14.0 Å².